The van der Waals surface area contributed by atoms with Crippen LogP contribution >= 0.6 is 11.3 Å². The second-order valence-electron chi connectivity index (χ2n) is 6.13. The average Bonchev–Trinajstić information content (AvgIpc) is 3.15. The van der Waals surface area contributed by atoms with E-state index in [1.165, 1.54) is 5.56 Å². The number of ether oxygens (including phenoxy) is 1. The Morgan fingerprint density at radius 3 is 2.76 bits per heavy atom. The predicted octanol–water partition coefficient (Wildman–Crippen LogP) is 3.57. The van der Waals surface area contributed by atoms with Crippen molar-refractivity contribution in [3.63, 3.8) is 0 Å². The minimum Gasteiger partial charge on any atom is -0.378 e. The summed E-state index contributed by atoms with van der Waals surface area (Å²) in [7, 11) is 0. The fraction of sp³-hybridized carbons (Fsp3) is 0.368. The van der Waals surface area contributed by atoms with Crippen molar-refractivity contribution in [2.24, 2.45) is 0 Å². The predicted molar refractivity (Wildman–Crippen MR) is 104 cm³/mol. The molecule has 1 fully saturated rings. The molecule has 1 aliphatic rings. The molecule has 1 aliphatic heterocycles. The van der Waals surface area contributed by atoms with Gasteiger partial charge in [0.1, 0.15) is 10.6 Å². The SMILES string of the molecule is c1ccc(CCCNc2nc(N3CCOCC3)nc3sccc23)cc1. The van der Waals surface area contributed by atoms with Crippen LogP contribution in [0.15, 0.2) is 41.8 Å². The summed E-state index contributed by atoms with van der Waals surface area (Å²) in [5.74, 6) is 1.75. The van der Waals surface area contributed by atoms with Gasteiger partial charge in [0.15, 0.2) is 0 Å². The largest absolute Gasteiger partial charge is 0.378 e. The van der Waals surface area contributed by atoms with Crippen molar-refractivity contribution in [2.45, 2.75) is 12.8 Å². The Morgan fingerprint density at radius 1 is 1.08 bits per heavy atom. The summed E-state index contributed by atoms with van der Waals surface area (Å²) in [6, 6.07) is 12.7. The topological polar surface area (TPSA) is 50.3 Å². The molecule has 4 rings (SSSR count). The normalized spacial score (nSPS) is 14.8. The summed E-state index contributed by atoms with van der Waals surface area (Å²) in [5, 5.41) is 6.71. The average molecular weight is 354 g/mol. The Hall–Kier alpha value is -2.18. The number of thiophene rings is 1. The first kappa shape index (κ1) is 16.3. The van der Waals surface area contributed by atoms with E-state index in [2.05, 4.69) is 52.0 Å². The first-order valence-corrected chi connectivity index (χ1v) is 9.64. The lowest BCUT2D eigenvalue weighted by atomic mass is 10.1. The van der Waals surface area contributed by atoms with Gasteiger partial charge >= 0.3 is 0 Å². The summed E-state index contributed by atoms with van der Waals surface area (Å²) < 4.78 is 5.44. The number of hydrogen-bond acceptors (Lipinski definition) is 6. The Labute approximate surface area is 151 Å². The van der Waals surface area contributed by atoms with Crippen molar-refractivity contribution < 1.29 is 4.74 Å². The van der Waals surface area contributed by atoms with Crippen LogP contribution in [0, 0.1) is 0 Å². The standard InChI is InChI=1S/C19H22N4OS/c1-2-5-15(6-3-1)7-4-9-20-17-16-8-14-25-18(16)22-19(21-17)23-10-12-24-13-11-23/h1-3,5-6,8,14H,4,7,9-13H2,(H,20,21,22). The second-order valence-corrected chi connectivity index (χ2v) is 7.02. The highest BCUT2D eigenvalue weighted by Gasteiger charge is 2.17. The number of fused-ring (bicyclic) bond motifs is 1. The molecule has 0 bridgehead atoms. The Balaban J connectivity index is 1.45. The monoisotopic (exact) mass is 354 g/mol. The van der Waals surface area contributed by atoms with Crippen LogP contribution in [0.2, 0.25) is 0 Å². The molecular weight excluding hydrogens is 332 g/mol. The molecular formula is C19H22N4OS. The van der Waals surface area contributed by atoms with Gasteiger partial charge in [-0.25, -0.2) is 4.98 Å². The van der Waals surface area contributed by atoms with Gasteiger partial charge in [0.2, 0.25) is 5.95 Å². The second kappa shape index (κ2) is 7.80. The van der Waals surface area contributed by atoms with E-state index in [0.717, 1.165) is 67.7 Å². The van der Waals surface area contributed by atoms with Gasteiger partial charge in [0.05, 0.1) is 18.6 Å². The fourth-order valence-corrected chi connectivity index (χ4v) is 3.79. The molecule has 2 aromatic heterocycles. The highest BCUT2D eigenvalue weighted by Crippen LogP contribution is 2.28. The quantitative estimate of drug-likeness (QED) is 0.686. The van der Waals surface area contributed by atoms with E-state index in [9.17, 15) is 0 Å². The van der Waals surface area contributed by atoms with E-state index in [1.54, 1.807) is 11.3 Å². The maximum atomic E-state index is 5.44. The summed E-state index contributed by atoms with van der Waals surface area (Å²) in [4.78, 5) is 12.8. The maximum Gasteiger partial charge on any atom is 0.228 e. The molecule has 0 radical (unpaired) electrons. The molecule has 130 valence electrons. The third kappa shape index (κ3) is 3.91. The Bertz CT molecular complexity index is 815. The number of morpholine rings is 1. The van der Waals surface area contributed by atoms with Gasteiger partial charge in [-0.05, 0) is 29.9 Å². The third-order valence-electron chi connectivity index (χ3n) is 4.38. The Morgan fingerprint density at radius 2 is 1.92 bits per heavy atom. The highest BCUT2D eigenvalue weighted by atomic mass is 32.1. The van der Waals surface area contributed by atoms with Gasteiger partial charge in [0.25, 0.3) is 0 Å². The lowest BCUT2D eigenvalue weighted by molar-refractivity contribution is 0.122. The number of aryl methyl sites for hydroxylation is 1. The number of aromatic nitrogens is 2. The zero-order valence-electron chi connectivity index (χ0n) is 14.1. The molecule has 5 nitrogen and oxygen atoms in total. The first-order valence-electron chi connectivity index (χ1n) is 8.76. The molecule has 1 saturated heterocycles. The molecule has 1 N–H and O–H groups in total. The van der Waals surface area contributed by atoms with Crippen molar-refractivity contribution in [2.75, 3.05) is 43.1 Å². The van der Waals surface area contributed by atoms with Gasteiger partial charge in [-0.2, -0.15) is 4.98 Å². The zero-order valence-corrected chi connectivity index (χ0v) is 15.0. The van der Waals surface area contributed by atoms with Crippen molar-refractivity contribution in [3.05, 3.63) is 47.3 Å². The van der Waals surface area contributed by atoms with Gasteiger partial charge < -0.3 is 15.0 Å². The van der Waals surface area contributed by atoms with Crippen LogP contribution in [0.4, 0.5) is 11.8 Å². The van der Waals surface area contributed by atoms with Gasteiger partial charge in [-0.15, -0.1) is 11.3 Å². The summed E-state index contributed by atoms with van der Waals surface area (Å²) in [6.07, 6.45) is 2.15. The number of nitrogens with zero attached hydrogens (tertiary/aromatic N) is 3. The van der Waals surface area contributed by atoms with Crippen molar-refractivity contribution >= 4 is 33.3 Å². The molecule has 0 atom stereocenters. The number of nitrogens with one attached hydrogen (secondary N) is 1. The fourth-order valence-electron chi connectivity index (χ4n) is 3.03. The van der Waals surface area contributed by atoms with E-state index in [-0.39, 0.29) is 0 Å². The van der Waals surface area contributed by atoms with Crippen LogP contribution in [-0.4, -0.2) is 42.8 Å². The first-order chi connectivity index (χ1) is 12.4. The van der Waals surface area contributed by atoms with Gasteiger partial charge in [-0.1, -0.05) is 30.3 Å². The van der Waals surface area contributed by atoms with Crippen LogP contribution in [0.5, 0.6) is 0 Å². The van der Waals surface area contributed by atoms with E-state index in [4.69, 9.17) is 14.7 Å². The third-order valence-corrected chi connectivity index (χ3v) is 5.19. The van der Waals surface area contributed by atoms with Crippen LogP contribution in [-0.2, 0) is 11.2 Å². The number of benzene rings is 1. The molecule has 3 aromatic rings. The van der Waals surface area contributed by atoms with E-state index in [0.29, 0.717) is 0 Å². The molecule has 3 heterocycles. The summed E-state index contributed by atoms with van der Waals surface area (Å²) in [5.41, 5.74) is 1.38. The van der Waals surface area contributed by atoms with Crippen LogP contribution < -0.4 is 10.2 Å². The lowest BCUT2D eigenvalue weighted by Crippen LogP contribution is -2.37. The van der Waals surface area contributed by atoms with E-state index in [1.807, 2.05) is 0 Å². The number of hydrogen-bond donors (Lipinski definition) is 1. The molecule has 0 amide bonds. The molecule has 0 spiro atoms. The molecule has 0 saturated carbocycles. The van der Waals surface area contributed by atoms with Gasteiger partial charge in [-0.3, -0.25) is 0 Å². The van der Waals surface area contributed by atoms with Crippen molar-refractivity contribution in [1.29, 1.82) is 0 Å². The van der Waals surface area contributed by atoms with Crippen LogP contribution in [0.25, 0.3) is 10.2 Å². The van der Waals surface area contributed by atoms with E-state index < -0.39 is 0 Å². The lowest BCUT2D eigenvalue weighted by Gasteiger charge is -2.27. The number of rotatable bonds is 6. The minimum absolute atomic E-state index is 0.742. The minimum atomic E-state index is 0.742. The maximum absolute atomic E-state index is 5.44. The molecule has 6 heteroatoms. The highest BCUT2D eigenvalue weighted by molar-refractivity contribution is 7.16. The van der Waals surface area contributed by atoms with Crippen LogP contribution in [0.1, 0.15) is 12.0 Å². The molecule has 1 aromatic carbocycles. The zero-order chi connectivity index (χ0) is 16.9. The van der Waals surface area contributed by atoms with Gasteiger partial charge in [0, 0.05) is 19.6 Å². The van der Waals surface area contributed by atoms with Crippen molar-refractivity contribution in [3.8, 4) is 0 Å². The smallest absolute Gasteiger partial charge is 0.228 e. The molecule has 0 unspecified atom stereocenters. The van der Waals surface area contributed by atoms with Crippen LogP contribution in [0.3, 0.4) is 0 Å². The molecule has 25 heavy (non-hydrogen) atoms. The molecule has 0 aliphatic carbocycles. The van der Waals surface area contributed by atoms with E-state index >= 15 is 0 Å². The summed E-state index contributed by atoms with van der Waals surface area (Å²) in [6.45, 7) is 4.09. The number of anilines is 2. The summed E-state index contributed by atoms with van der Waals surface area (Å²) >= 11 is 1.67. The van der Waals surface area contributed by atoms with Crippen molar-refractivity contribution in [1.82, 2.24) is 9.97 Å². The Kier molecular flexibility index (Phi) is 5.09.